The van der Waals surface area contributed by atoms with Gasteiger partial charge < -0.3 is 19.4 Å². The molecule has 0 radical (unpaired) electrons. The van der Waals surface area contributed by atoms with Gasteiger partial charge in [0.05, 0.1) is 11.6 Å². The monoisotopic (exact) mass is 352 g/mol. The third-order valence-electron chi connectivity index (χ3n) is 4.77. The Balaban J connectivity index is 2.00. The lowest BCUT2D eigenvalue weighted by Gasteiger charge is -2.18. The summed E-state index contributed by atoms with van der Waals surface area (Å²) in [4.78, 5) is 0. The van der Waals surface area contributed by atoms with Crippen molar-refractivity contribution in [3.63, 3.8) is 0 Å². The smallest absolute Gasteiger partial charge is 0.136 e. The fraction of sp³-hybridized carbons (Fsp3) is 0.364. The van der Waals surface area contributed by atoms with Crippen molar-refractivity contribution in [1.82, 2.24) is 9.88 Å². The Morgan fingerprint density at radius 2 is 1.96 bits per heavy atom. The number of rotatable bonds is 8. The molecule has 0 bridgehead atoms. The summed E-state index contributed by atoms with van der Waals surface area (Å²) in [6.07, 6.45) is 4.23. The van der Waals surface area contributed by atoms with Gasteiger partial charge in [0.15, 0.2) is 0 Å². The Kier molecular flexibility index (Phi) is 5.96. The molecule has 1 unspecified atom stereocenters. The Bertz CT molecular complexity index is 870. The van der Waals surface area contributed by atoms with Gasteiger partial charge in [-0.05, 0) is 43.3 Å². The minimum absolute atomic E-state index is 0.0958. The molecule has 138 valence electrons. The van der Waals surface area contributed by atoms with Crippen LogP contribution >= 0.6 is 0 Å². The van der Waals surface area contributed by atoms with E-state index in [4.69, 9.17) is 9.47 Å². The molecule has 0 aliphatic carbocycles. The summed E-state index contributed by atoms with van der Waals surface area (Å²) in [7, 11) is 5.77. The predicted octanol–water partition coefficient (Wildman–Crippen LogP) is 5.18. The van der Waals surface area contributed by atoms with Gasteiger partial charge in [-0.3, -0.25) is 0 Å². The number of ether oxygens (including phenoxy) is 2. The second-order valence-electron chi connectivity index (χ2n) is 6.63. The first-order valence-corrected chi connectivity index (χ1v) is 9.20. The maximum Gasteiger partial charge on any atom is 0.136 e. The van der Waals surface area contributed by atoms with Gasteiger partial charge in [0.1, 0.15) is 11.5 Å². The van der Waals surface area contributed by atoms with E-state index in [1.807, 2.05) is 26.2 Å². The average Bonchev–Trinajstić information content (AvgIpc) is 3.03. The van der Waals surface area contributed by atoms with Gasteiger partial charge >= 0.3 is 0 Å². The first-order valence-electron chi connectivity index (χ1n) is 9.20. The second kappa shape index (κ2) is 8.39. The Morgan fingerprint density at radius 1 is 1.12 bits per heavy atom. The summed E-state index contributed by atoms with van der Waals surface area (Å²) in [6.45, 7) is 2.93. The van der Waals surface area contributed by atoms with Crippen molar-refractivity contribution in [2.75, 3.05) is 14.2 Å². The number of hydrogen-bond donors (Lipinski definition) is 1. The molecule has 3 rings (SSSR count). The summed E-state index contributed by atoms with van der Waals surface area (Å²) >= 11 is 0. The Labute approximate surface area is 155 Å². The van der Waals surface area contributed by atoms with Crippen LogP contribution < -0.4 is 10.1 Å². The van der Waals surface area contributed by atoms with Crippen LogP contribution in [0.1, 0.15) is 37.0 Å². The van der Waals surface area contributed by atoms with E-state index in [9.17, 15) is 0 Å². The van der Waals surface area contributed by atoms with E-state index in [2.05, 4.69) is 53.3 Å². The Morgan fingerprint density at radius 3 is 2.69 bits per heavy atom. The lowest BCUT2D eigenvalue weighted by atomic mass is 10.0. The van der Waals surface area contributed by atoms with Crippen LogP contribution in [0.3, 0.4) is 0 Å². The van der Waals surface area contributed by atoms with Crippen LogP contribution in [0.4, 0.5) is 0 Å². The molecule has 4 nitrogen and oxygen atoms in total. The van der Waals surface area contributed by atoms with Crippen molar-refractivity contribution in [3.05, 3.63) is 59.8 Å². The highest BCUT2D eigenvalue weighted by molar-refractivity contribution is 5.86. The first kappa shape index (κ1) is 18.5. The molecule has 1 aromatic heterocycles. The maximum absolute atomic E-state index is 6.39. The van der Waals surface area contributed by atoms with Gasteiger partial charge in [0.25, 0.3) is 0 Å². The maximum atomic E-state index is 6.39. The fourth-order valence-corrected chi connectivity index (χ4v) is 3.37. The van der Waals surface area contributed by atoms with Crippen LogP contribution in [0.2, 0.25) is 0 Å². The SMILES string of the molecule is CCCC(OC)c1ccc(CNC)c(Oc2cccc3c2ccn3C)c1. The molecule has 0 amide bonds. The van der Waals surface area contributed by atoms with Gasteiger partial charge in [-0.2, -0.15) is 0 Å². The van der Waals surface area contributed by atoms with Crippen molar-refractivity contribution in [2.45, 2.75) is 32.4 Å². The molecule has 0 aliphatic heterocycles. The van der Waals surface area contributed by atoms with Crippen LogP contribution in [0.25, 0.3) is 10.9 Å². The van der Waals surface area contributed by atoms with Crippen LogP contribution in [0.5, 0.6) is 11.5 Å². The predicted molar refractivity (Wildman–Crippen MR) is 107 cm³/mol. The molecule has 1 N–H and O–H groups in total. The van der Waals surface area contributed by atoms with Crippen molar-refractivity contribution < 1.29 is 9.47 Å². The molecular weight excluding hydrogens is 324 g/mol. The molecule has 2 aromatic carbocycles. The molecule has 0 saturated carbocycles. The molecule has 1 atom stereocenters. The highest BCUT2D eigenvalue weighted by Gasteiger charge is 2.14. The molecule has 0 saturated heterocycles. The van der Waals surface area contributed by atoms with E-state index in [0.29, 0.717) is 0 Å². The van der Waals surface area contributed by atoms with Crippen LogP contribution in [0.15, 0.2) is 48.7 Å². The lowest BCUT2D eigenvalue weighted by molar-refractivity contribution is 0.0948. The van der Waals surface area contributed by atoms with Crippen molar-refractivity contribution in [2.24, 2.45) is 7.05 Å². The number of nitrogens with zero attached hydrogens (tertiary/aromatic N) is 1. The number of aryl methyl sites for hydroxylation is 1. The third kappa shape index (κ3) is 3.76. The summed E-state index contributed by atoms with van der Waals surface area (Å²) < 4.78 is 14.2. The van der Waals surface area contributed by atoms with Crippen molar-refractivity contribution >= 4 is 10.9 Å². The van der Waals surface area contributed by atoms with E-state index >= 15 is 0 Å². The van der Waals surface area contributed by atoms with Gasteiger partial charge in [-0.15, -0.1) is 0 Å². The van der Waals surface area contributed by atoms with E-state index < -0.39 is 0 Å². The fourth-order valence-electron chi connectivity index (χ4n) is 3.37. The first-order chi connectivity index (χ1) is 12.7. The van der Waals surface area contributed by atoms with Crippen LogP contribution in [-0.2, 0) is 18.3 Å². The topological polar surface area (TPSA) is 35.4 Å². The lowest BCUT2D eigenvalue weighted by Crippen LogP contribution is -2.08. The average molecular weight is 352 g/mol. The molecular formula is C22H28N2O2. The molecule has 3 aromatic rings. The molecule has 0 fully saturated rings. The quantitative estimate of drug-likeness (QED) is 0.607. The number of hydrogen-bond acceptors (Lipinski definition) is 3. The summed E-state index contributed by atoms with van der Waals surface area (Å²) in [5.41, 5.74) is 3.45. The largest absolute Gasteiger partial charge is 0.456 e. The van der Waals surface area contributed by atoms with Gasteiger partial charge in [-0.1, -0.05) is 31.5 Å². The molecule has 4 heteroatoms. The summed E-state index contributed by atoms with van der Waals surface area (Å²) in [6, 6.07) is 14.7. The van der Waals surface area contributed by atoms with Gasteiger partial charge in [0.2, 0.25) is 0 Å². The number of benzene rings is 2. The van der Waals surface area contributed by atoms with E-state index in [0.717, 1.165) is 52.9 Å². The number of aromatic nitrogens is 1. The minimum Gasteiger partial charge on any atom is -0.456 e. The normalized spacial score (nSPS) is 12.5. The summed E-state index contributed by atoms with van der Waals surface area (Å²) in [5.74, 6) is 1.76. The second-order valence-corrected chi connectivity index (χ2v) is 6.63. The van der Waals surface area contributed by atoms with Gasteiger partial charge in [0, 0.05) is 37.8 Å². The number of nitrogens with one attached hydrogen (secondary N) is 1. The zero-order chi connectivity index (χ0) is 18.5. The molecule has 0 aliphatic rings. The molecule has 26 heavy (non-hydrogen) atoms. The molecule has 1 heterocycles. The standard InChI is InChI=1S/C22H28N2O2/c1-5-7-20(25-4)16-10-11-17(15-23-2)22(14-16)26-21-9-6-8-19-18(21)12-13-24(19)3/h6,8-14,20,23H,5,7,15H2,1-4H3. The highest BCUT2D eigenvalue weighted by Crippen LogP contribution is 2.34. The van der Waals surface area contributed by atoms with Crippen molar-refractivity contribution in [1.29, 1.82) is 0 Å². The van der Waals surface area contributed by atoms with Gasteiger partial charge in [-0.25, -0.2) is 0 Å². The minimum atomic E-state index is 0.0958. The highest BCUT2D eigenvalue weighted by atomic mass is 16.5. The Hall–Kier alpha value is -2.30. The van der Waals surface area contributed by atoms with E-state index in [1.54, 1.807) is 7.11 Å². The zero-order valence-electron chi connectivity index (χ0n) is 16.1. The van der Waals surface area contributed by atoms with E-state index in [-0.39, 0.29) is 6.10 Å². The number of fused-ring (bicyclic) bond motifs is 1. The van der Waals surface area contributed by atoms with Crippen LogP contribution in [-0.4, -0.2) is 18.7 Å². The third-order valence-corrected chi connectivity index (χ3v) is 4.77. The van der Waals surface area contributed by atoms with Crippen LogP contribution in [0, 0.1) is 0 Å². The van der Waals surface area contributed by atoms with E-state index in [1.165, 1.54) is 0 Å². The zero-order valence-corrected chi connectivity index (χ0v) is 16.1. The number of methoxy groups -OCH3 is 1. The summed E-state index contributed by atoms with van der Waals surface area (Å²) in [5, 5.41) is 4.34. The van der Waals surface area contributed by atoms with Crippen molar-refractivity contribution in [3.8, 4) is 11.5 Å². The molecule has 0 spiro atoms.